The average Bonchev–Trinajstić information content (AvgIpc) is 3.57. The minimum Gasteiger partial charge on any atom is -0.455 e. The monoisotopic (exact) mass is 596 g/mol. The van der Waals surface area contributed by atoms with Crippen LogP contribution in [-0.4, -0.2) is 69.1 Å². The van der Waals surface area contributed by atoms with Crippen LogP contribution >= 0.6 is 0 Å². The van der Waals surface area contributed by atoms with E-state index in [1.807, 2.05) is 6.92 Å². The summed E-state index contributed by atoms with van der Waals surface area (Å²) in [5, 5.41) is 41.6. The maximum Gasteiger partial charge on any atom is 0.334 e. The van der Waals surface area contributed by atoms with Crippen LogP contribution in [0.25, 0.3) is 0 Å². The van der Waals surface area contributed by atoms with E-state index in [2.05, 4.69) is 6.92 Å². The van der Waals surface area contributed by atoms with Gasteiger partial charge in [-0.2, -0.15) is 0 Å². The van der Waals surface area contributed by atoms with E-state index in [0.717, 1.165) is 51.4 Å². The van der Waals surface area contributed by atoms with Crippen molar-refractivity contribution >= 4 is 5.97 Å². The van der Waals surface area contributed by atoms with Crippen molar-refractivity contribution in [2.24, 2.45) is 0 Å². The number of ether oxygens (including phenoxy) is 2. The van der Waals surface area contributed by atoms with Gasteiger partial charge in [0.1, 0.15) is 6.10 Å². The summed E-state index contributed by atoms with van der Waals surface area (Å²) in [6.45, 7) is 4.08. The summed E-state index contributed by atoms with van der Waals surface area (Å²) in [6, 6.07) is 0. The van der Waals surface area contributed by atoms with Crippen molar-refractivity contribution in [1.82, 2.24) is 0 Å². The Labute approximate surface area is 256 Å². The van der Waals surface area contributed by atoms with Gasteiger partial charge in [-0.1, -0.05) is 103 Å². The van der Waals surface area contributed by atoms with E-state index in [9.17, 15) is 25.2 Å². The molecule has 2 aliphatic rings. The first kappa shape index (κ1) is 37.2. The fourth-order valence-electron chi connectivity index (χ4n) is 6.40. The van der Waals surface area contributed by atoms with Crippen molar-refractivity contribution in [3.8, 4) is 0 Å². The Kier molecular flexibility index (Phi) is 19.9. The van der Waals surface area contributed by atoms with Crippen LogP contribution < -0.4 is 0 Å². The maximum absolute atomic E-state index is 11.7. The molecule has 0 aromatic rings. The molecule has 1 saturated heterocycles. The van der Waals surface area contributed by atoms with Crippen LogP contribution in [0, 0.1) is 0 Å². The first-order chi connectivity index (χ1) is 20.3. The highest BCUT2D eigenvalue weighted by Gasteiger charge is 2.31. The molecule has 246 valence electrons. The number of hydrogen-bond donors (Lipinski definition) is 4. The molecular weight excluding hydrogens is 532 g/mol. The number of carbonyl (C=O) groups excluding carboxylic acids is 1. The molecule has 42 heavy (non-hydrogen) atoms. The largest absolute Gasteiger partial charge is 0.455 e. The van der Waals surface area contributed by atoms with E-state index in [1.165, 1.54) is 64.2 Å². The molecule has 0 aromatic carbocycles. The molecule has 7 atom stereocenters. The Morgan fingerprint density at radius 1 is 0.738 bits per heavy atom. The lowest BCUT2D eigenvalue weighted by molar-refractivity contribution is -0.139. The third-order valence-electron chi connectivity index (χ3n) is 9.14. The van der Waals surface area contributed by atoms with Crippen molar-refractivity contribution in [3.63, 3.8) is 0 Å². The van der Waals surface area contributed by atoms with E-state index in [0.29, 0.717) is 37.7 Å². The molecule has 0 aliphatic carbocycles. The van der Waals surface area contributed by atoms with Crippen LogP contribution in [-0.2, 0) is 14.3 Å². The second-order valence-electron chi connectivity index (χ2n) is 13.1. The number of hydrogen-bond acceptors (Lipinski definition) is 7. The smallest absolute Gasteiger partial charge is 0.334 e. The lowest BCUT2D eigenvalue weighted by atomic mass is 9.97. The molecule has 0 aromatic heterocycles. The first-order valence-corrected chi connectivity index (χ1v) is 17.6. The molecular formula is C35H64O7. The number of aliphatic hydroxyl groups is 4. The van der Waals surface area contributed by atoms with Gasteiger partial charge in [-0.3, -0.25) is 0 Å². The molecule has 2 aliphatic heterocycles. The Bertz CT molecular complexity index is 726. The molecule has 2 rings (SSSR count). The molecule has 3 unspecified atom stereocenters. The predicted octanol–water partition coefficient (Wildman–Crippen LogP) is 7.06. The van der Waals surface area contributed by atoms with E-state index in [4.69, 9.17) is 9.47 Å². The number of esters is 1. The summed E-state index contributed by atoms with van der Waals surface area (Å²) in [4.78, 5) is 11.7. The quantitative estimate of drug-likeness (QED) is 0.0624. The number of aliphatic hydroxyl groups excluding tert-OH is 4. The van der Waals surface area contributed by atoms with Gasteiger partial charge in [-0.05, 0) is 57.9 Å². The molecule has 2 heterocycles. The van der Waals surface area contributed by atoms with Gasteiger partial charge in [0.25, 0.3) is 0 Å². The number of unbranched alkanes of at least 4 members (excludes halogenated alkanes) is 13. The topological polar surface area (TPSA) is 116 Å². The fraction of sp³-hybridized carbons (Fsp3) is 0.914. The molecule has 4 N–H and O–H groups in total. The molecule has 7 heteroatoms. The molecule has 0 amide bonds. The summed E-state index contributed by atoms with van der Waals surface area (Å²) in [7, 11) is 0. The molecule has 0 bridgehead atoms. The highest BCUT2D eigenvalue weighted by Crippen LogP contribution is 2.28. The first-order valence-electron chi connectivity index (χ1n) is 17.6. The van der Waals surface area contributed by atoms with Crippen molar-refractivity contribution in [2.75, 3.05) is 0 Å². The Hall–Kier alpha value is -0.990. The summed E-state index contributed by atoms with van der Waals surface area (Å²) >= 11 is 0. The van der Waals surface area contributed by atoms with Gasteiger partial charge in [-0.25, -0.2) is 4.79 Å². The minimum absolute atomic E-state index is 0.149. The maximum atomic E-state index is 11.7. The second kappa shape index (κ2) is 22.5. The zero-order valence-electron chi connectivity index (χ0n) is 26.9. The van der Waals surface area contributed by atoms with E-state index in [-0.39, 0.29) is 24.3 Å². The summed E-state index contributed by atoms with van der Waals surface area (Å²) in [5.74, 6) is -0.308. The number of carbonyl (C=O) groups is 1. The van der Waals surface area contributed by atoms with E-state index < -0.39 is 24.4 Å². The number of cyclic esters (lactones) is 1. The Balaban J connectivity index is 1.43. The van der Waals surface area contributed by atoms with Crippen molar-refractivity contribution in [3.05, 3.63) is 11.6 Å². The van der Waals surface area contributed by atoms with Gasteiger partial charge in [-0.15, -0.1) is 0 Å². The van der Waals surface area contributed by atoms with Gasteiger partial charge in [0, 0.05) is 12.0 Å². The van der Waals surface area contributed by atoms with Gasteiger partial charge in [0.15, 0.2) is 0 Å². The zero-order chi connectivity index (χ0) is 30.6. The molecule has 0 spiro atoms. The van der Waals surface area contributed by atoms with Crippen LogP contribution in [0.2, 0.25) is 0 Å². The standard InChI is InChI=1S/C35H64O7/c1-3-4-5-6-7-8-9-10-11-12-13-17-20-31(37)32(38)22-23-33(39)34-24-21-30(42-34)19-16-14-15-18-29(36)26-28-25-27(2)41-35(28)40/h25,27,29-34,36-39H,3-24,26H2,1-2H3/t27?,29?,30?,31-,32-,33+,34+/m0/s1. The predicted molar refractivity (Wildman–Crippen MR) is 168 cm³/mol. The summed E-state index contributed by atoms with van der Waals surface area (Å²) in [6.07, 6.45) is 22.3. The normalized spacial score (nSPS) is 23.5. The SMILES string of the molecule is CCCCCCCCCCCCCC[C@H](O)[C@@H](O)CC[C@@H](O)[C@H]1CCC(CCCCCC(O)CC2=CC(C)OC2=O)O1. The Morgan fingerprint density at radius 2 is 1.31 bits per heavy atom. The Morgan fingerprint density at radius 3 is 1.93 bits per heavy atom. The minimum atomic E-state index is -0.793. The average molecular weight is 597 g/mol. The highest BCUT2D eigenvalue weighted by atomic mass is 16.5. The van der Waals surface area contributed by atoms with Gasteiger partial charge in [0.05, 0.1) is 36.6 Å². The van der Waals surface area contributed by atoms with Crippen LogP contribution in [0.1, 0.15) is 162 Å². The third kappa shape index (κ3) is 16.2. The lowest BCUT2D eigenvalue weighted by Crippen LogP contribution is -2.31. The number of rotatable bonds is 26. The summed E-state index contributed by atoms with van der Waals surface area (Å²) < 4.78 is 11.2. The van der Waals surface area contributed by atoms with Crippen LogP contribution in [0.4, 0.5) is 0 Å². The fourth-order valence-corrected chi connectivity index (χ4v) is 6.40. The molecule has 0 saturated carbocycles. The van der Waals surface area contributed by atoms with Crippen molar-refractivity contribution in [1.29, 1.82) is 0 Å². The van der Waals surface area contributed by atoms with Crippen LogP contribution in [0.15, 0.2) is 11.6 Å². The van der Waals surface area contributed by atoms with Gasteiger partial charge in [0.2, 0.25) is 0 Å². The molecule has 7 nitrogen and oxygen atoms in total. The lowest BCUT2D eigenvalue weighted by Gasteiger charge is -2.22. The van der Waals surface area contributed by atoms with E-state index in [1.54, 1.807) is 6.08 Å². The van der Waals surface area contributed by atoms with Gasteiger partial charge < -0.3 is 29.9 Å². The molecule has 1 fully saturated rings. The van der Waals surface area contributed by atoms with Gasteiger partial charge >= 0.3 is 5.97 Å². The zero-order valence-corrected chi connectivity index (χ0v) is 26.9. The second-order valence-corrected chi connectivity index (χ2v) is 13.1. The third-order valence-corrected chi connectivity index (χ3v) is 9.14. The van der Waals surface area contributed by atoms with Crippen LogP contribution in [0.3, 0.4) is 0 Å². The molecule has 0 radical (unpaired) electrons. The van der Waals surface area contributed by atoms with E-state index >= 15 is 0 Å². The summed E-state index contributed by atoms with van der Waals surface area (Å²) in [5.41, 5.74) is 0.584. The van der Waals surface area contributed by atoms with Crippen molar-refractivity contribution < 1.29 is 34.7 Å². The van der Waals surface area contributed by atoms with Crippen molar-refractivity contribution in [2.45, 2.75) is 204 Å². The highest BCUT2D eigenvalue weighted by molar-refractivity contribution is 5.90. The van der Waals surface area contributed by atoms with Crippen LogP contribution in [0.5, 0.6) is 0 Å².